The molecule has 0 N–H and O–H groups in total. The molecule has 5 rings (SSSR count). The Morgan fingerprint density at radius 2 is 1.93 bits per heavy atom. The molecule has 3 fully saturated rings. The molecule has 0 bridgehead atoms. The molecule has 8 heteroatoms. The summed E-state index contributed by atoms with van der Waals surface area (Å²) in [5, 5.41) is 4.19. The van der Waals surface area contributed by atoms with E-state index in [9.17, 15) is 0 Å². The van der Waals surface area contributed by atoms with Crippen molar-refractivity contribution in [2.24, 2.45) is 0 Å². The first kappa shape index (κ1) is 18.0. The molecule has 0 aromatic carbocycles. The summed E-state index contributed by atoms with van der Waals surface area (Å²) in [6.07, 6.45) is 7.51. The summed E-state index contributed by atoms with van der Waals surface area (Å²) >= 11 is 0. The van der Waals surface area contributed by atoms with Crippen molar-refractivity contribution in [2.75, 3.05) is 31.2 Å². The number of hydrogen-bond acceptors (Lipinski definition) is 8. The molecule has 3 aliphatic rings. The highest BCUT2D eigenvalue weighted by atomic mass is 16.5. The van der Waals surface area contributed by atoms with E-state index in [0.717, 1.165) is 68.7 Å². The molecule has 8 nitrogen and oxygen atoms in total. The van der Waals surface area contributed by atoms with Crippen LogP contribution < -0.4 is 4.90 Å². The highest BCUT2D eigenvalue weighted by Crippen LogP contribution is 2.35. The van der Waals surface area contributed by atoms with Crippen LogP contribution in [-0.4, -0.2) is 63.4 Å². The quantitative estimate of drug-likeness (QED) is 0.751. The van der Waals surface area contributed by atoms with Gasteiger partial charge in [-0.3, -0.25) is 4.90 Å². The number of hydrogen-bond donors (Lipinski definition) is 0. The Bertz CT molecular complexity index is 793. The predicted octanol–water partition coefficient (Wildman–Crippen LogP) is 2.31. The van der Waals surface area contributed by atoms with Gasteiger partial charge in [0.25, 0.3) is 0 Å². The second kappa shape index (κ2) is 7.75. The predicted molar refractivity (Wildman–Crippen MR) is 103 cm³/mol. The van der Waals surface area contributed by atoms with E-state index in [4.69, 9.17) is 9.26 Å². The van der Waals surface area contributed by atoms with E-state index in [1.165, 1.54) is 12.8 Å². The van der Waals surface area contributed by atoms with Crippen molar-refractivity contribution in [3.05, 3.63) is 29.8 Å². The molecule has 1 unspecified atom stereocenters. The topological polar surface area (TPSA) is 80.4 Å². The number of aromatic nitrogens is 4. The molecule has 0 radical (unpaired) electrons. The molecule has 2 saturated heterocycles. The van der Waals surface area contributed by atoms with Crippen molar-refractivity contribution < 1.29 is 9.26 Å². The van der Waals surface area contributed by atoms with Crippen LogP contribution in [0.5, 0.6) is 0 Å². The van der Waals surface area contributed by atoms with Gasteiger partial charge in [0.2, 0.25) is 5.89 Å². The van der Waals surface area contributed by atoms with Gasteiger partial charge in [-0.25, -0.2) is 9.97 Å². The average Bonchev–Trinajstić information content (AvgIpc) is 3.18. The fourth-order valence-electron chi connectivity index (χ4n) is 4.39. The third kappa shape index (κ3) is 3.89. The van der Waals surface area contributed by atoms with Gasteiger partial charge in [-0.1, -0.05) is 5.16 Å². The summed E-state index contributed by atoms with van der Waals surface area (Å²) in [5.74, 6) is 2.90. The highest BCUT2D eigenvalue weighted by Gasteiger charge is 2.36. The van der Waals surface area contributed by atoms with Crippen molar-refractivity contribution in [2.45, 2.75) is 63.6 Å². The first-order chi connectivity index (χ1) is 13.8. The van der Waals surface area contributed by atoms with Gasteiger partial charge in [0, 0.05) is 43.5 Å². The standard InChI is InChI=1S/C20H28N6O2/c1-14-10-19(22-13-21-14)26(16-2-3-16)17-4-7-25(8-5-17)11-18-23-20(28-24-18)15-6-9-27-12-15/h10,13,15-17H,2-9,11-12H2,1H3. The minimum absolute atomic E-state index is 0.274. The molecule has 2 aromatic rings. The molecular formula is C20H28N6O2. The molecule has 0 spiro atoms. The van der Waals surface area contributed by atoms with Crippen LogP contribution in [0.1, 0.15) is 55.4 Å². The maximum absolute atomic E-state index is 5.47. The summed E-state index contributed by atoms with van der Waals surface area (Å²) < 4.78 is 10.9. The zero-order valence-corrected chi connectivity index (χ0v) is 16.5. The fourth-order valence-corrected chi connectivity index (χ4v) is 4.39. The molecule has 150 valence electrons. The molecule has 1 atom stereocenters. The molecule has 1 aliphatic carbocycles. The number of ether oxygens (including phenoxy) is 1. The summed E-state index contributed by atoms with van der Waals surface area (Å²) in [4.78, 5) is 18.4. The van der Waals surface area contributed by atoms with Gasteiger partial charge in [0.05, 0.1) is 19.1 Å². The first-order valence-corrected chi connectivity index (χ1v) is 10.5. The zero-order chi connectivity index (χ0) is 18.9. The summed E-state index contributed by atoms with van der Waals surface area (Å²) in [5.41, 5.74) is 1.04. The van der Waals surface area contributed by atoms with Crippen molar-refractivity contribution in [1.29, 1.82) is 0 Å². The van der Waals surface area contributed by atoms with Crippen LogP contribution in [0.15, 0.2) is 16.9 Å². The Kier molecular flexibility index (Phi) is 4.98. The van der Waals surface area contributed by atoms with E-state index in [2.05, 4.69) is 36.0 Å². The van der Waals surface area contributed by atoms with Gasteiger partial charge in [0.1, 0.15) is 12.1 Å². The third-order valence-corrected chi connectivity index (χ3v) is 6.07. The number of nitrogens with zero attached hydrogens (tertiary/aromatic N) is 6. The maximum Gasteiger partial charge on any atom is 0.232 e. The number of rotatable bonds is 6. The number of likely N-dealkylation sites (tertiary alicyclic amines) is 1. The van der Waals surface area contributed by atoms with E-state index >= 15 is 0 Å². The smallest absolute Gasteiger partial charge is 0.232 e. The first-order valence-electron chi connectivity index (χ1n) is 10.5. The van der Waals surface area contributed by atoms with Gasteiger partial charge >= 0.3 is 0 Å². The average molecular weight is 384 g/mol. The summed E-state index contributed by atoms with van der Waals surface area (Å²) in [6, 6.07) is 3.33. The lowest BCUT2D eigenvalue weighted by atomic mass is 10.0. The van der Waals surface area contributed by atoms with Crippen LogP contribution in [0.4, 0.5) is 5.82 Å². The van der Waals surface area contributed by atoms with E-state index < -0.39 is 0 Å². The van der Waals surface area contributed by atoms with Crippen molar-refractivity contribution in [3.8, 4) is 0 Å². The van der Waals surface area contributed by atoms with E-state index in [1.54, 1.807) is 6.33 Å². The Morgan fingerprint density at radius 1 is 1.11 bits per heavy atom. The van der Waals surface area contributed by atoms with Crippen LogP contribution in [0.25, 0.3) is 0 Å². The fraction of sp³-hybridized carbons (Fsp3) is 0.700. The second-order valence-electron chi connectivity index (χ2n) is 8.27. The number of aryl methyl sites for hydroxylation is 1. The Hall–Kier alpha value is -2.06. The molecule has 28 heavy (non-hydrogen) atoms. The lowest BCUT2D eigenvalue weighted by Gasteiger charge is -2.39. The van der Waals surface area contributed by atoms with Crippen LogP contribution in [0.2, 0.25) is 0 Å². The van der Waals surface area contributed by atoms with Gasteiger partial charge in [-0.15, -0.1) is 0 Å². The largest absolute Gasteiger partial charge is 0.381 e. The molecule has 2 aromatic heterocycles. The molecule has 4 heterocycles. The lowest BCUT2D eigenvalue weighted by molar-refractivity contribution is 0.188. The molecular weight excluding hydrogens is 356 g/mol. The normalized spacial score (nSPS) is 24.0. The third-order valence-electron chi connectivity index (χ3n) is 6.07. The van der Waals surface area contributed by atoms with Gasteiger partial charge < -0.3 is 14.2 Å². The minimum Gasteiger partial charge on any atom is -0.381 e. The second-order valence-corrected chi connectivity index (χ2v) is 8.27. The van der Waals surface area contributed by atoms with Gasteiger partial charge in [-0.2, -0.15) is 4.98 Å². The van der Waals surface area contributed by atoms with E-state index in [-0.39, 0.29) is 5.92 Å². The molecule has 1 saturated carbocycles. The van der Waals surface area contributed by atoms with E-state index in [1.807, 2.05) is 6.92 Å². The minimum atomic E-state index is 0.274. The molecule has 2 aliphatic heterocycles. The number of anilines is 1. The van der Waals surface area contributed by atoms with Crippen molar-refractivity contribution in [3.63, 3.8) is 0 Å². The highest BCUT2D eigenvalue weighted by molar-refractivity contribution is 5.43. The van der Waals surface area contributed by atoms with Crippen LogP contribution >= 0.6 is 0 Å². The van der Waals surface area contributed by atoms with Gasteiger partial charge in [-0.05, 0) is 39.0 Å². The zero-order valence-electron chi connectivity index (χ0n) is 16.5. The van der Waals surface area contributed by atoms with Crippen molar-refractivity contribution in [1.82, 2.24) is 25.0 Å². The number of piperidine rings is 1. The monoisotopic (exact) mass is 384 g/mol. The van der Waals surface area contributed by atoms with Gasteiger partial charge in [0.15, 0.2) is 5.82 Å². The van der Waals surface area contributed by atoms with Crippen molar-refractivity contribution >= 4 is 5.82 Å². The Balaban J connectivity index is 1.19. The summed E-state index contributed by atoms with van der Waals surface area (Å²) in [7, 11) is 0. The van der Waals surface area contributed by atoms with Crippen LogP contribution in [-0.2, 0) is 11.3 Å². The SMILES string of the molecule is Cc1cc(N(C2CC2)C2CCN(Cc3noc(C4CCOC4)n3)CC2)ncn1. The van der Waals surface area contributed by atoms with Crippen LogP contribution in [0.3, 0.4) is 0 Å². The Labute approximate surface area is 165 Å². The lowest BCUT2D eigenvalue weighted by Crippen LogP contribution is -2.46. The van der Waals surface area contributed by atoms with E-state index in [0.29, 0.717) is 18.7 Å². The van der Waals surface area contributed by atoms with Crippen LogP contribution in [0, 0.1) is 6.92 Å². The molecule has 0 amide bonds. The summed E-state index contributed by atoms with van der Waals surface area (Å²) in [6.45, 7) is 6.39. The maximum atomic E-state index is 5.47. The Morgan fingerprint density at radius 3 is 2.64 bits per heavy atom.